The number of sulfonamides is 1. The molecular weight excluding hydrogens is 502 g/mol. The van der Waals surface area contributed by atoms with Crippen LogP contribution in [0.4, 0.5) is 4.79 Å². The molecule has 4 rings (SSSR count). The van der Waals surface area contributed by atoms with Crippen molar-refractivity contribution in [3.05, 3.63) is 0 Å². The minimum Gasteiger partial charge on any atom is -0.449 e. The Balaban J connectivity index is 1.34. The number of nitrogens with one attached hydrogen (secondary N) is 1. The maximum absolute atomic E-state index is 12.1. The largest absolute Gasteiger partial charge is 0.449 e. The van der Waals surface area contributed by atoms with Crippen molar-refractivity contribution in [1.82, 2.24) is 4.72 Å². The van der Waals surface area contributed by atoms with Gasteiger partial charge in [0.1, 0.15) is 0 Å². The molecule has 0 spiro atoms. The van der Waals surface area contributed by atoms with Gasteiger partial charge in [-0.25, -0.2) is 17.9 Å². The quantitative estimate of drug-likeness (QED) is 0.351. The number of amides is 1. The first-order chi connectivity index (χ1) is 17.7. The molecule has 0 aromatic rings. The van der Waals surface area contributed by atoms with Crippen molar-refractivity contribution in [2.75, 3.05) is 6.61 Å². The fourth-order valence-electron chi connectivity index (χ4n) is 9.49. The van der Waals surface area contributed by atoms with E-state index in [0.717, 1.165) is 44.9 Å². The first-order valence-electron chi connectivity index (χ1n) is 15.2. The van der Waals surface area contributed by atoms with Gasteiger partial charge in [0.05, 0.1) is 23.6 Å². The summed E-state index contributed by atoms with van der Waals surface area (Å²) in [5.74, 6) is 2.76. The summed E-state index contributed by atoms with van der Waals surface area (Å²) in [7, 11) is -3.77. The van der Waals surface area contributed by atoms with Gasteiger partial charge in [-0.1, -0.05) is 27.2 Å². The van der Waals surface area contributed by atoms with E-state index in [1.807, 2.05) is 4.72 Å². The molecule has 4 aliphatic carbocycles. The first kappa shape index (κ1) is 30.1. The standard InChI is InChI=1S/C30H53NO6S/c1-7-21-24-18-20(32)13-15-30(24,6)23-14-16-29(5)19(11-12-22(29)25(23)26(21)33)10-8-9-17-37-27(34)31-38(35,36)28(2,3)4/h19-26,32-33H,7-18H2,1-6H3,(H,31,34)/t19-,20+,21+,22-,23-,24-,25-,26+,29+,30+/m0/s1. The van der Waals surface area contributed by atoms with E-state index in [1.54, 1.807) is 20.8 Å². The van der Waals surface area contributed by atoms with E-state index in [4.69, 9.17) is 4.74 Å². The second-order valence-electron chi connectivity index (χ2n) is 14.6. The minimum atomic E-state index is -3.77. The summed E-state index contributed by atoms with van der Waals surface area (Å²) in [6, 6.07) is 0. The summed E-state index contributed by atoms with van der Waals surface area (Å²) in [6.45, 7) is 12.0. The fraction of sp³-hybridized carbons (Fsp3) is 0.967. The lowest BCUT2D eigenvalue weighted by Gasteiger charge is -2.64. The number of hydrogen-bond acceptors (Lipinski definition) is 6. The Bertz CT molecular complexity index is 962. The number of carbonyl (C=O) groups is 1. The molecule has 4 fully saturated rings. The van der Waals surface area contributed by atoms with Crippen molar-refractivity contribution < 1.29 is 28.2 Å². The SMILES string of the molecule is CC[C@H]1[C@@H](O)[C@@H]2[C@H](CC[C@]3(C)[C@@H](CCCCOC(=O)NS(=O)(=O)C(C)(C)C)CC[C@@H]23)[C@@]2(C)CC[C@@H](O)C[C@@H]12. The first-order valence-corrected chi connectivity index (χ1v) is 16.7. The van der Waals surface area contributed by atoms with Crippen LogP contribution in [0, 0.1) is 46.3 Å². The Morgan fingerprint density at radius 2 is 1.63 bits per heavy atom. The van der Waals surface area contributed by atoms with E-state index in [2.05, 4.69) is 20.8 Å². The van der Waals surface area contributed by atoms with Crippen molar-refractivity contribution in [3.63, 3.8) is 0 Å². The summed E-state index contributed by atoms with van der Waals surface area (Å²) >= 11 is 0. The summed E-state index contributed by atoms with van der Waals surface area (Å²) < 4.78 is 30.4. The number of hydrogen-bond donors (Lipinski definition) is 3. The van der Waals surface area contributed by atoms with E-state index >= 15 is 0 Å². The van der Waals surface area contributed by atoms with E-state index in [-0.39, 0.29) is 35.6 Å². The van der Waals surface area contributed by atoms with Crippen molar-refractivity contribution >= 4 is 16.1 Å². The molecule has 0 aliphatic heterocycles. The second-order valence-corrected chi connectivity index (χ2v) is 17.0. The third kappa shape index (κ3) is 5.27. The molecule has 38 heavy (non-hydrogen) atoms. The third-order valence-corrected chi connectivity index (χ3v) is 13.8. The molecule has 0 heterocycles. The summed E-state index contributed by atoms with van der Waals surface area (Å²) in [5.41, 5.74) is 0.457. The van der Waals surface area contributed by atoms with Gasteiger partial charge in [0.25, 0.3) is 0 Å². The Labute approximate surface area is 230 Å². The van der Waals surface area contributed by atoms with E-state index in [1.165, 1.54) is 25.7 Å². The van der Waals surface area contributed by atoms with Crippen LogP contribution in [0.2, 0.25) is 0 Å². The van der Waals surface area contributed by atoms with Crippen LogP contribution in [0.3, 0.4) is 0 Å². The highest BCUT2D eigenvalue weighted by atomic mass is 32.2. The Hall–Kier alpha value is -0.860. The molecule has 0 saturated heterocycles. The number of ether oxygens (including phenoxy) is 1. The molecule has 220 valence electrons. The molecule has 7 nitrogen and oxygen atoms in total. The number of aliphatic hydroxyl groups excluding tert-OH is 2. The predicted molar refractivity (Wildman–Crippen MR) is 149 cm³/mol. The maximum Gasteiger partial charge on any atom is 0.420 e. The fourth-order valence-corrected chi connectivity index (χ4v) is 10.1. The topological polar surface area (TPSA) is 113 Å². The zero-order valence-electron chi connectivity index (χ0n) is 24.5. The molecule has 10 atom stereocenters. The molecule has 4 aliphatic rings. The zero-order chi connectivity index (χ0) is 28.1. The summed E-state index contributed by atoms with van der Waals surface area (Å²) in [5, 5.41) is 22.3. The average molecular weight is 556 g/mol. The monoisotopic (exact) mass is 555 g/mol. The smallest absolute Gasteiger partial charge is 0.420 e. The van der Waals surface area contributed by atoms with Crippen LogP contribution in [0.5, 0.6) is 0 Å². The van der Waals surface area contributed by atoms with Gasteiger partial charge in [-0.15, -0.1) is 0 Å². The third-order valence-electron chi connectivity index (χ3n) is 11.8. The molecule has 3 N–H and O–H groups in total. The number of aliphatic hydroxyl groups is 2. The van der Waals surface area contributed by atoms with Crippen LogP contribution in [-0.4, -0.2) is 48.3 Å². The van der Waals surface area contributed by atoms with Gasteiger partial charge in [-0.2, -0.15) is 0 Å². The molecule has 0 aromatic carbocycles. The van der Waals surface area contributed by atoms with E-state index < -0.39 is 20.9 Å². The molecular formula is C30H53NO6S. The molecule has 8 heteroatoms. The minimum absolute atomic E-state index is 0.214. The number of carbonyl (C=O) groups excluding carboxylic acids is 1. The number of rotatable bonds is 7. The summed E-state index contributed by atoms with van der Waals surface area (Å²) in [4.78, 5) is 12.0. The van der Waals surface area contributed by atoms with Gasteiger partial charge >= 0.3 is 6.09 Å². The van der Waals surface area contributed by atoms with Crippen LogP contribution in [0.15, 0.2) is 0 Å². The maximum atomic E-state index is 12.1. The van der Waals surface area contributed by atoms with Gasteiger partial charge in [-0.05, 0) is 131 Å². The number of fused-ring (bicyclic) bond motifs is 5. The molecule has 0 aromatic heterocycles. The van der Waals surface area contributed by atoms with Crippen molar-refractivity contribution in [2.45, 2.75) is 129 Å². The van der Waals surface area contributed by atoms with E-state index in [9.17, 15) is 23.4 Å². The van der Waals surface area contributed by atoms with Crippen molar-refractivity contribution in [3.8, 4) is 0 Å². The predicted octanol–water partition coefficient (Wildman–Crippen LogP) is 5.64. The van der Waals surface area contributed by atoms with Crippen LogP contribution in [0.1, 0.15) is 112 Å². The Morgan fingerprint density at radius 3 is 2.29 bits per heavy atom. The molecule has 4 saturated carbocycles. The molecule has 0 bridgehead atoms. The van der Waals surface area contributed by atoms with Crippen molar-refractivity contribution in [2.24, 2.45) is 46.3 Å². The Kier molecular flexibility index (Phi) is 8.59. The van der Waals surface area contributed by atoms with Gasteiger partial charge < -0.3 is 14.9 Å². The lowest BCUT2D eigenvalue weighted by Crippen LogP contribution is -2.62. The zero-order valence-corrected chi connectivity index (χ0v) is 25.4. The van der Waals surface area contributed by atoms with Gasteiger partial charge in [0.2, 0.25) is 10.0 Å². The molecule has 1 amide bonds. The van der Waals surface area contributed by atoms with Gasteiger partial charge in [-0.3, -0.25) is 0 Å². The lowest BCUT2D eigenvalue weighted by molar-refractivity contribution is -0.202. The highest BCUT2D eigenvalue weighted by molar-refractivity contribution is 7.91. The Morgan fingerprint density at radius 1 is 0.974 bits per heavy atom. The van der Waals surface area contributed by atoms with Crippen LogP contribution in [0.25, 0.3) is 0 Å². The van der Waals surface area contributed by atoms with Crippen LogP contribution < -0.4 is 4.72 Å². The van der Waals surface area contributed by atoms with E-state index in [0.29, 0.717) is 29.6 Å². The highest BCUT2D eigenvalue weighted by Gasteiger charge is 2.64. The highest BCUT2D eigenvalue weighted by Crippen LogP contribution is 2.69. The van der Waals surface area contributed by atoms with Crippen LogP contribution in [-0.2, 0) is 14.8 Å². The summed E-state index contributed by atoms with van der Waals surface area (Å²) in [6.07, 6.45) is 9.93. The molecule has 0 unspecified atom stereocenters. The van der Waals surface area contributed by atoms with Gasteiger partial charge in [0, 0.05) is 0 Å². The van der Waals surface area contributed by atoms with Gasteiger partial charge in [0.15, 0.2) is 0 Å². The van der Waals surface area contributed by atoms with Crippen LogP contribution >= 0.6 is 0 Å². The lowest BCUT2D eigenvalue weighted by atomic mass is 9.41. The number of unbranched alkanes of at least 4 members (excludes halogenated alkanes) is 1. The normalized spacial score (nSPS) is 43.1. The van der Waals surface area contributed by atoms with Crippen molar-refractivity contribution in [1.29, 1.82) is 0 Å². The molecule has 0 radical (unpaired) electrons. The second kappa shape index (κ2) is 10.8. The average Bonchev–Trinajstić information content (AvgIpc) is 3.15.